The maximum Gasteiger partial charge on any atom is 0.271 e. The van der Waals surface area contributed by atoms with E-state index in [9.17, 15) is 20.0 Å². The van der Waals surface area contributed by atoms with Crippen molar-refractivity contribution in [3.8, 4) is 0 Å². The van der Waals surface area contributed by atoms with Gasteiger partial charge < -0.3 is 10.4 Å². The molecular formula is C16H15ClN2O4. The molecule has 0 spiro atoms. The van der Waals surface area contributed by atoms with Gasteiger partial charge in [0.1, 0.15) is 0 Å². The van der Waals surface area contributed by atoms with Crippen molar-refractivity contribution in [3.05, 3.63) is 68.7 Å². The second-order valence-electron chi connectivity index (χ2n) is 5.02. The topological polar surface area (TPSA) is 92.5 Å². The summed E-state index contributed by atoms with van der Waals surface area (Å²) in [5.74, 6) is -0.348. The lowest BCUT2D eigenvalue weighted by atomic mass is 9.99. The average Bonchev–Trinajstić information content (AvgIpc) is 2.48. The maximum absolute atomic E-state index is 11.3. The standard InChI is InChI=1S/C16H15ClN2O4/c1-10(20)18-15-9-12(19(22)23)7-6-11(15)8-16(21)13-4-2-3-5-14(13)17/h2-7,9,16,21H,8H2,1H3,(H,18,20)/t16-/m0/s1. The van der Waals surface area contributed by atoms with Crippen LogP contribution >= 0.6 is 11.6 Å². The summed E-state index contributed by atoms with van der Waals surface area (Å²) in [5.41, 5.74) is 1.31. The van der Waals surface area contributed by atoms with E-state index in [2.05, 4.69) is 5.32 Å². The van der Waals surface area contributed by atoms with Gasteiger partial charge in [-0.3, -0.25) is 14.9 Å². The van der Waals surface area contributed by atoms with Crippen LogP contribution in [0.15, 0.2) is 42.5 Å². The Morgan fingerprint density at radius 2 is 2.04 bits per heavy atom. The highest BCUT2D eigenvalue weighted by molar-refractivity contribution is 6.31. The molecule has 0 heterocycles. The first-order valence-electron chi connectivity index (χ1n) is 6.86. The lowest BCUT2D eigenvalue weighted by Gasteiger charge is -2.15. The van der Waals surface area contributed by atoms with E-state index in [1.165, 1.54) is 25.1 Å². The van der Waals surface area contributed by atoms with Gasteiger partial charge in [-0.15, -0.1) is 0 Å². The molecule has 0 aliphatic rings. The summed E-state index contributed by atoms with van der Waals surface area (Å²) in [7, 11) is 0. The summed E-state index contributed by atoms with van der Waals surface area (Å²) >= 11 is 6.06. The van der Waals surface area contributed by atoms with Gasteiger partial charge in [0.25, 0.3) is 5.69 Å². The first-order valence-corrected chi connectivity index (χ1v) is 7.23. The zero-order chi connectivity index (χ0) is 17.0. The normalized spacial score (nSPS) is 11.8. The fraction of sp³-hybridized carbons (Fsp3) is 0.188. The van der Waals surface area contributed by atoms with E-state index in [4.69, 9.17) is 11.6 Å². The van der Waals surface area contributed by atoms with Gasteiger partial charge >= 0.3 is 0 Å². The van der Waals surface area contributed by atoms with E-state index >= 15 is 0 Å². The van der Waals surface area contributed by atoms with E-state index in [1.807, 2.05) is 0 Å². The minimum atomic E-state index is -0.891. The van der Waals surface area contributed by atoms with Crippen molar-refractivity contribution in [1.82, 2.24) is 0 Å². The van der Waals surface area contributed by atoms with Crippen LogP contribution in [-0.4, -0.2) is 15.9 Å². The molecule has 120 valence electrons. The summed E-state index contributed by atoms with van der Waals surface area (Å²) in [5, 5.41) is 24.2. The Hall–Kier alpha value is -2.44. The predicted octanol–water partition coefficient (Wildman–Crippen LogP) is 3.48. The number of non-ortho nitro benzene ring substituents is 1. The summed E-state index contributed by atoms with van der Waals surface area (Å²) < 4.78 is 0. The minimum Gasteiger partial charge on any atom is -0.388 e. The Labute approximate surface area is 137 Å². The molecule has 1 atom stereocenters. The first kappa shape index (κ1) is 16.9. The van der Waals surface area contributed by atoms with Crippen LogP contribution in [0.1, 0.15) is 24.2 Å². The van der Waals surface area contributed by atoms with E-state index in [-0.39, 0.29) is 18.0 Å². The lowest BCUT2D eigenvalue weighted by Crippen LogP contribution is -2.11. The number of nitrogens with zero attached hydrogens (tertiary/aromatic N) is 1. The molecule has 0 saturated carbocycles. The fourth-order valence-electron chi connectivity index (χ4n) is 2.23. The van der Waals surface area contributed by atoms with Gasteiger partial charge in [-0.05, 0) is 17.2 Å². The molecular weight excluding hydrogens is 320 g/mol. The molecule has 0 unspecified atom stereocenters. The minimum absolute atomic E-state index is 0.135. The highest BCUT2D eigenvalue weighted by Crippen LogP contribution is 2.30. The number of benzene rings is 2. The van der Waals surface area contributed by atoms with Crippen LogP contribution in [0, 0.1) is 10.1 Å². The van der Waals surface area contributed by atoms with Gasteiger partial charge in [0, 0.05) is 30.5 Å². The number of nitro groups is 1. The molecule has 2 rings (SSSR count). The second kappa shape index (κ2) is 7.21. The number of nitrogens with one attached hydrogen (secondary N) is 1. The van der Waals surface area contributed by atoms with Crippen LogP contribution in [0.25, 0.3) is 0 Å². The highest BCUT2D eigenvalue weighted by Gasteiger charge is 2.17. The molecule has 0 radical (unpaired) electrons. The zero-order valence-electron chi connectivity index (χ0n) is 12.3. The molecule has 0 aromatic heterocycles. The van der Waals surface area contributed by atoms with Crippen LogP contribution in [0.2, 0.25) is 5.02 Å². The van der Waals surface area contributed by atoms with Gasteiger partial charge in [0.2, 0.25) is 5.91 Å². The number of carbonyl (C=O) groups excluding carboxylic acids is 1. The first-order chi connectivity index (χ1) is 10.9. The molecule has 0 fully saturated rings. The van der Waals surface area contributed by atoms with Crippen LogP contribution in [0.4, 0.5) is 11.4 Å². The lowest BCUT2D eigenvalue weighted by molar-refractivity contribution is -0.384. The Bertz CT molecular complexity index is 749. The number of aliphatic hydroxyl groups is 1. The van der Waals surface area contributed by atoms with E-state index < -0.39 is 11.0 Å². The number of carbonyl (C=O) groups is 1. The third kappa shape index (κ3) is 4.28. The number of hydrogen-bond donors (Lipinski definition) is 2. The van der Waals surface area contributed by atoms with Crippen LogP contribution in [-0.2, 0) is 11.2 Å². The number of hydrogen-bond acceptors (Lipinski definition) is 4. The molecule has 23 heavy (non-hydrogen) atoms. The molecule has 2 aromatic carbocycles. The van der Waals surface area contributed by atoms with Gasteiger partial charge in [-0.2, -0.15) is 0 Å². The van der Waals surface area contributed by atoms with Crippen molar-refractivity contribution in [2.45, 2.75) is 19.4 Å². The molecule has 0 saturated heterocycles. The summed E-state index contributed by atoms with van der Waals surface area (Å²) in [6, 6.07) is 11.0. The van der Waals surface area contributed by atoms with Crippen molar-refractivity contribution in [2.24, 2.45) is 0 Å². The molecule has 2 aromatic rings. The van der Waals surface area contributed by atoms with E-state index in [0.29, 0.717) is 21.8 Å². The molecule has 7 heteroatoms. The number of anilines is 1. The number of aliphatic hydroxyl groups excluding tert-OH is 1. The predicted molar refractivity (Wildman–Crippen MR) is 87.5 cm³/mol. The summed E-state index contributed by atoms with van der Waals surface area (Å²) in [6.07, 6.45) is -0.727. The SMILES string of the molecule is CC(=O)Nc1cc([N+](=O)[O-])ccc1C[C@H](O)c1ccccc1Cl. The quantitative estimate of drug-likeness (QED) is 0.646. The third-order valence-corrected chi connectivity index (χ3v) is 3.64. The monoisotopic (exact) mass is 334 g/mol. The largest absolute Gasteiger partial charge is 0.388 e. The van der Waals surface area contributed by atoms with Gasteiger partial charge in [0.05, 0.1) is 16.7 Å². The van der Waals surface area contributed by atoms with Crippen LogP contribution < -0.4 is 5.32 Å². The van der Waals surface area contributed by atoms with Crippen LogP contribution in [0.3, 0.4) is 0 Å². The molecule has 1 amide bonds. The number of rotatable bonds is 5. The van der Waals surface area contributed by atoms with Crippen molar-refractivity contribution in [2.75, 3.05) is 5.32 Å². The molecule has 0 bridgehead atoms. The average molecular weight is 335 g/mol. The van der Waals surface area contributed by atoms with Crippen molar-refractivity contribution in [3.63, 3.8) is 0 Å². The second-order valence-corrected chi connectivity index (χ2v) is 5.43. The van der Waals surface area contributed by atoms with E-state index in [1.54, 1.807) is 24.3 Å². The smallest absolute Gasteiger partial charge is 0.271 e. The highest BCUT2D eigenvalue weighted by atomic mass is 35.5. The van der Waals surface area contributed by atoms with Crippen molar-refractivity contribution < 1.29 is 14.8 Å². The summed E-state index contributed by atoms with van der Waals surface area (Å²) in [4.78, 5) is 21.6. The third-order valence-electron chi connectivity index (χ3n) is 3.29. The van der Waals surface area contributed by atoms with Gasteiger partial charge in [-0.1, -0.05) is 35.9 Å². The van der Waals surface area contributed by atoms with Crippen molar-refractivity contribution in [1.29, 1.82) is 0 Å². The Kier molecular flexibility index (Phi) is 5.31. The molecule has 0 aliphatic heterocycles. The zero-order valence-corrected chi connectivity index (χ0v) is 13.1. The number of amides is 1. The van der Waals surface area contributed by atoms with E-state index in [0.717, 1.165) is 0 Å². The molecule has 6 nitrogen and oxygen atoms in total. The van der Waals surface area contributed by atoms with Gasteiger partial charge in [-0.25, -0.2) is 0 Å². The van der Waals surface area contributed by atoms with Crippen LogP contribution in [0.5, 0.6) is 0 Å². The fourth-order valence-corrected chi connectivity index (χ4v) is 2.49. The Morgan fingerprint density at radius 1 is 1.35 bits per heavy atom. The molecule has 2 N–H and O–H groups in total. The summed E-state index contributed by atoms with van der Waals surface area (Å²) in [6.45, 7) is 1.31. The Morgan fingerprint density at radius 3 is 2.65 bits per heavy atom. The van der Waals surface area contributed by atoms with Gasteiger partial charge in [0.15, 0.2) is 0 Å². The maximum atomic E-state index is 11.3. The Balaban J connectivity index is 2.33. The molecule has 0 aliphatic carbocycles. The number of halogens is 1. The van der Waals surface area contributed by atoms with Crippen molar-refractivity contribution >= 4 is 28.9 Å². The number of nitro benzene ring substituents is 1.